The van der Waals surface area contributed by atoms with Crippen molar-refractivity contribution < 1.29 is 18.3 Å². The van der Waals surface area contributed by atoms with Crippen molar-refractivity contribution in [2.24, 2.45) is 28.2 Å². The molecule has 8 heterocycles. The maximum atomic E-state index is 5.05. The molecule has 91 heavy (non-hydrogen) atoms. The fourth-order valence-electron chi connectivity index (χ4n) is 13.1. The van der Waals surface area contributed by atoms with Crippen LogP contribution in [-0.2, 0) is 33.6 Å². The Bertz CT molecular complexity index is 5500. The molecular weight excluding hydrogens is 1120 g/mol. The van der Waals surface area contributed by atoms with Gasteiger partial charge in [0, 0.05) is 72.3 Å². The summed E-state index contributed by atoms with van der Waals surface area (Å²) in [4.78, 5) is 19.3. The summed E-state index contributed by atoms with van der Waals surface area (Å²) in [6, 6.07) is 66.2. The minimum absolute atomic E-state index is 0.0107. The van der Waals surface area contributed by atoms with Crippen LogP contribution in [0.4, 0.5) is 0 Å². The van der Waals surface area contributed by atoms with E-state index < -0.39 is 0 Å². The third-order valence-electron chi connectivity index (χ3n) is 17.7. The van der Waals surface area contributed by atoms with Gasteiger partial charge in [0.15, 0.2) is 0 Å². The topological polar surface area (TPSA) is 86.8 Å². The Labute approximate surface area is 531 Å². The van der Waals surface area contributed by atoms with E-state index in [-0.39, 0.29) is 5.41 Å². The molecule has 450 valence electrons. The van der Waals surface area contributed by atoms with Crippen molar-refractivity contribution in [3.8, 4) is 23.8 Å². The fraction of sp³-hybridized carbons (Fsp3) is 0.190. The van der Waals surface area contributed by atoms with Gasteiger partial charge in [0.05, 0.1) is 53.0 Å². The van der Waals surface area contributed by atoms with Crippen molar-refractivity contribution in [1.82, 2.24) is 38.2 Å². The summed E-state index contributed by atoms with van der Waals surface area (Å²) < 4.78 is 17.5. The van der Waals surface area contributed by atoms with Crippen molar-refractivity contribution in [3.05, 3.63) is 264 Å². The molecular formula is C79H78N12+4. The SMILES string of the molecule is Cc1c[n+](C)c(-n2c3ccccc3c3cccc(C)c32)nc1C.Cc1cc[n+](C)c(-n2c3ccccc3c3cccc(C)c32)n1.Cc1cccc2c3ccccc3n(-c3nc(C(C)(C)C)cc[n+]3C)c12.Cc1cccc2c3ccccc3n(-c3nccc[n+]3C)c12. The third kappa shape index (κ3) is 10.5. The standard InChI is InChI=1S/C22H24N3.C20H20N3.C19H18N3.C18H16N3/c1-15-9-8-11-17-16-10-6-7-12-18(16)25(20(15)17)21-23-19(22(2,3)4)13-14-24(21)5;1-13-8-7-10-17-16-9-5-6-11-18(16)23(19(13)17)20-21-15(3)14(2)12-22(20)4;1-13-7-6-9-16-15-8-4-5-10-17(15)22(18(13)16)19-20-14(2)11-12-21(19)3;1-13-7-5-9-15-14-8-3-4-10-16(14)21(17(13)15)18-19-11-6-12-20(18)2/h6-14H,1-5H3;5-12H,1-4H3;4-12H,1-3H3;3-12H,1-2H3/q4*+1. The van der Waals surface area contributed by atoms with E-state index in [1.807, 2.05) is 45.5 Å². The average Bonchev–Trinajstić information content (AvgIpc) is 1.71. The lowest BCUT2D eigenvalue weighted by atomic mass is 9.92. The second kappa shape index (κ2) is 23.7. The zero-order valence-electron chi connectivity index (χ0n) is 54.7. The molecule has 0 saturated carbocycles. The fourth-order valence-corrected chi connectivity index (χ4v) is 13.1. The predicted octanol–water partition coefficient (Wildman–Crippen LogP) is 15.5. The molecule has 12 nitrogen and oxygen atoms in total. The van der Waals surface area contributed by atoms with Crippen LogP contribution in [0.1, 0.15) is 65.7 Å². The van der Waals surface area contributed by atoms with Gasteiger partial charge >= 0.3 is 23.8 Å². The van der Waals surface area contributed by atoms with Crippen molar-refractivity contribution >= 4 is 87.2 Å². The number of benzene rings is 8. The molecule has 0 saturated heterocycles. The molecule has 0 aliphatic heterocycles. The minimum atomic E-state index is 0.0107. The monoisotopic (exact) mass is 1190 g/mol. The highest BCUT2D eigenvalue weighted by atomic mass is 15.2. The van der Waals surface area contributed by atoms with Gasteiger partial charge in [-0.05, 0) is 95.0 Å². The number of nitrogens with zero attached hydrogens (tertiary/aromatic N) is 12. The molecule has 0 unspecified atom stereocenters. The number of aryl methyl sites for hydroxylation is 11. The number of hydrogen-bond acceptors (Lipinski definition) is 4. The molecule has 0 aliphatic rings. The summed E-state index contributed by atoms with van der Waals surface area (Å²) in [7, 11) is 8.20. The second-order valence-corrected chi connectivity index (χ2v) is 25.2. The molecule has 0 amide bonds. The quantitative estimate of drug-likeness (QED) is 0.164. The van der Waals surface area contributed by atoms with Crippen molar-refractivity contribution in [3.63, 3.8) is 0 Å². The summed E-state index contributed by atoms with van der Waals surface area (Å²) in [6.45, 7) is 21.5. The molecule has 0 radical (unpaired) electrons. The smallest absolute Gasteiger partial charge is 0.238 e. The maximum absolute atomic E-state index is 5.05. The minimum Gasteiger partial charge on any atom is -0.238 e. The van der Waals surface area contributed by atoms with Gasteiger partial charge in [-0.3, -0.25) is 0 Å². The van der Waals surface area contributed by atoms with Crippen molar-refractivity contribution in [2.45, 2.75) is 74.7 Å². The number of para-hydroxylation sites is 8. The first kappa shape index (κ1) is 59.3. The molecule has 0 spiro atoms. The van der Waals surface area contributed by atoms with Crippen LogP contribution >= 0.6 is 0 Å². The first-order valence-electron chi connectivity index (χ1n) is 31.2. The number of rotatable bonds is 4. The van der Waals surface area contributed by atoms with Gasteiger partial charge in [0.2, 0.25) is 0 Å². The van der Waals surface area contributed by atoms with Crippen molar-refractivity contribution in [1.29, 1.82) is 0 Å². The highest BCUT2D eigenvalue weighted by Gasteiger charge is 2.29. The zero-order valence-corrected chi connectivity index (χ0v) is 54.7. The number of aromatic nitrogens is 12. The molecule has 16 aromatic rings. The molecule has 0 bridgehead atoms. The summed E-state index contributed by atoms with van der Waals surface area (Å²) in [5, 5.41) is 10.2. The first-order chi connectivity index (χ1) is 43.9. The lowest BCUT2D eigenvalue weighted by Crippen LogP contribution is -2.36. The van der Waals surface area contributed by atoms with Gasteiger partial charge in [-0.1, -0.05) is 186 Å². The Morgan fingerprint density at radius 1 is 0.308 bits per heavy atom. The van der Waals surface area contributed by atoms with Crippen LogP contribution in [-0.4, -0.2) is 38.2 Å². The van der Waals surface area contributed by atoms with E-state index in [4.69, 9.17) is 15.0 Å². The molecule has 8 aromatic carbocycles. The summed E-state index contributed by atoms with van der Waals surface area (Å²) in [6.07, 6.45) is 10.2. The first-order valence-corrected chi connectivity index (χ1v) is 31.2. The van der Waals surface area contributed by atoms with E-state index in [1.165, 1.54) is 115 Å². The largest absolute Gasteiger partial charge is 0.404 e. The Kier molecular flexibility index (Phi) is 15.4. The normalized spacial score (nSPS) is 11.6. The van der Waals surface area contributed by atoms with Crippen LogP contribution < -0.4 is 18.3 Å². The Morgan fingerprint density at radius 2 is 0.648 bits per heavy atom. The van der Waals surface area contributed by atoms with E-state index in [1.54, 1.807) is 0 Å². The maximum Gasteiger partial charge on any atom is 0.404 e. The third-order valence-corrected chi connectivity index (χ3v) is 17.7. The summed E-state index contributed by atoms with van der Waals surface area (Å²) in [5.74, 6) is 3.78. The van der Waals surface area contributed by atoms with Crippen molar-refractivity contribution in [2.75, 3.05) is 0 Å². The molecule has 8 aromatic heterocycles. The molecule has 0 atom stereocenters. The van der Waals surface area contributed by atoms with Crippen LogP contribution in [0.3, 0.4) is 0 Å². The van der Waals surface area contributed by atoms with Crippen LogP contribution in [0.5, 0.6) is 0 Å². The number of hydrogen-bond donors (Lipinski definition) is 0. The molecule has 16 rings (SSSR count). The van der Waals surface area contributed by atoms with Crippen LogP contribution in [0, 0.1) is 48.5 Å². The lowest BCUT2D eigenvalue weighted by molar-refractivity contribution is -0.668. The van der Waals surface area contributed by atoms with Gasteiger partial charge in [0.25, 0.3) is 0 Å². The lowest BCUT2D eigenvalue weighted by Gasteiger charge is -2.15. The molecule has 0 aliphatic carbocycles. The van der Waals surface area contributed by atoms with Gasteiger partial charge in [-0.15, -0.1) is 0 Å². The molecule has 0 fully saturated rings. The van der Waals surface area contributed by atoms with Gasteiger partial charge < -0.3 is 0 Å². The van der Waals surface area contributed by atoms with Gasteiger partial charge in [-0.25, -0.2) is 18.3 Å². The van der Waals surface area contributed by atoms with Crippen LogP contribution in [0.2, 0.25) is 0 Å². The second-order valence-electron chi connectivity index (χ2n) is 25.2. The van der Waals surface area contributed by atoms with Crippen LogP contribution in [0.25, 0.3) is 111 Å². The highest BCUT2D eigenvalue weighted by molar-refractivity contribution is 6.12. The predicted molar refractivity (Wildman–Crippen MR) is 371 cm³/mol. The van der Waals surface area contributed by atoms with E-state index in [0.717, 1.165) is 40.9 Å². The Balaban J connectivity index is 0.000000111. The van der Waals surface area contributed by atoms with Gasteiger partial charge in [-0.2, -0.15) is 18.3 Å². The molecule has 12 heteroatoms. The summed E-state index contributed by atoms with van der Waals surface area (Å²) >= 11 is 0. The highest BCUT2D eigenvalue weighted by Crippen LogP contribution is 2.37. The van der Waals surface area contributed by atoms with E-state index in [2.05, 4.69) is 312 Å². The summed E-state index contributed by atoms with van der Waals surface area (Å²) in [5.41, 5.74) is 19.2. The van der Waals surface area contributed by atoms with Gasteiger partial charge in [0.1, 0.15) is 67.4 Å². The number of fused-ring (bicyclic) bond motifs is 12. The van der Waals surface area contributed by atoms with E-state index in [0.29, 0.717) is 0 Å². The van der Waals surface area contributed by atoms with E-state index in [9.17, 15) is 0 Å². The van der Waals surface area contributed by atoms with E-state index >= 15 is 0 Å². The Hall–Kier alpha value is -10.7. The molecule has 0 N–H and O–H groups in total. The zero-order chi connectivity index (χ0) is 63.6. The average molecular weight is 1200 g/mol. The Morgan fingerprint density at radius 3 is 1.04 bits per heavy atom. The van der Waals surface area contributed by atoms with Crippen LogP contribution in [0.15, 0.2) is 219 Å².